The molecule has 0 spiro atoms. The molecular formula is C22H21N9. The number of nitrogens with two attached hydrogens (primary N) is 1. The van der Waals surface area contributed by atoms with Crippen molar-refractivity contribution in [3.8, 4) is 28.6 Å². The second-order valence-electron chi connectivity index (χ2n) is 8.48. The molecular weight excluding hydrogens is 390 g/mol. The number of nitriles is 1. The molecule has 31 heavy (non-hydrogen) atoms. The Hall–Kier alpha value is -3.77. The number of pyridine rings is 1. The van der Waals surface area contributed by atoms with Crippen molar-refractivity contribution in [3.63, 3.8) is 0 Å². The molecule has 3 aliphatic rings. The molecule has 1 aliphatic carbocycles. The van der Waals surface area contributed by atoms with E-state index in [1.165, 1.54) is 6.42 Å². The molecule has 2 aliphatic heterocycles. The average molecular weight is 411 g/mol. The Balaban J connectivity index is 1.41. The van der Waals surface area contributed by atoms with Gasteiger partial charge in [0.05, 0.1) is 30.0 Å². The second-order valence-corrected chi connectivity index (χ2v) is 8.48. The van der Waals surface area contributed by atoms with E-state index in [2.05, 4.69) is 21.2 Å². The molecule has 9 heteroatoms. The van der Waals surface area contributed by atoms with Crippen molar-refractivity contribution >= 4 is 11.3 Å². The number of aryl methyl sites for hydroxylation is 1. The third kappa shape index (κ3) is 2.79. The van der Waals surface area contributed by atoms with Crippen LogP contribution >= 0.6 is 0 Å². The molecule has 7 rings (SSSR count). The van der Waals surface area contributed by atoms with Gasteiger partial charge in [-0.2, -0.15) is 15.5 Å². The standard InChI is InChI=1S/C22H21N9/c1-29-9-17(8-26-29)18-12-31-22(16(5-23)7-27-31)21(28-18)13-2-3-19(25-6-13)30-10-14-4-15(11-30)20(14)24/h2-3,6-9,12,14-15,20H,4,10-11,24H2,1H3/t14-,15?,20?/m1/s1. The molecule has 2 unspecified atom stereocenters. The van der Waals surface area contributed by atoms with Crippen molar-refractivity contribution in [2.24, 2.45) is 24.6 Å². The third-order valence-electron chi connectivity index (χ3n) is 6.57. The van der Waals surface area contributed by atoms with Gasteiger partial charge in [-0.3, -0.25) is 4.68 Å². The molecule has 1 saturated carbocycles. The van der Waals surface area contributed by atoms with Crippen LogP contribution in [0.1, 0.15) is 12.0 Å². The third-order valence-corrected chi connectivity index (χ3v) is 6.57. The van der Waals surface area contributed by atoms with E-state index in [-0.39, 0.29) is 0 Å². The molecule has 9 nitrogen and oxygen atoms in total. The van der Waals surface area contributed by atoms with Crippen molar-refractivity contribution in [3.05, 3.63) is 48.7 Å². The lowest BCUT2D eigenvalue weighted by Crippen LogP contribution is -2.62. The maximum Gasteiger partial charge on any atom is 0.128 e. The van der Waals surface area contributed by atoms with E-state index in [9.17, 15) is 5.26 Å². The molecule has 4 aromatic heterocycles. The van der Waals surface area contributed by atoms with Gasteiger partial charge in [0, 0.05) is 49.7 Å². The van der Waals surface area contributed by atoms with E-state index in [0.29, 0.717) is 34.7 Å². The van der Waals surface area contributed by atoms with E-state index in [4.69, 9.17) is 15.7 Å². The number of nitrogens with zero attached hydrogens (tertiary/aromatic N) is 8. The maximum atomic E-state index is 9.57. The number of hydrogen-bond donors (Lipinski definition) is 1. The van der Waals surface area contributed by atoms with E-state index in [1.54, 1.807) is 21.6 Å². The first-order valence-electron chi connectivity index (χ1n) is 10.3. The van der Waals surface area contributed by atoms with Crippen LogP contribution in [0.15, 0.2) is 43.1 Å². The van der Waals surface area contributed by atoms with Gasteiger partial charge in [-0.15, -0.1) is 0 Å². The summed E-state index contributed by atoms with van der Waals surface area (Å²) < 4.78 is 3.44. The van der Waals surface area contributed by atoms with Crippen molar-refractivity contribution < 1.29 is 0 Å². The predicted molar refractivity (Wildman–Crippen MR) is 115 cm³/mol. The minimum Gasteiger partial charge on any atom is -0.356 e. The Morgan fingerprint density at radius 2 is 1.90 bits per heavy atom. The minimum atomic E-state index is 0.342. The minimum absolute atomic E-state index is 0.342. The first-order valence-corrected chi connectivity index (χ1v) is 10.3. The normalized spacial score (nSPS) is 22.4. The molecule has 6 heterocycles. The molecule has 0 amide bonds. The van der Waals surface area contributed by atoms with Gasteiger partial charge in [0.1, 0.15) is 23.0 Å². The molecule has 3 fully saturated rings. The summed E-state index contributed by atoms with van der Waals surface area (Å²) in [6, 6.07) is 6.61. The topological polar surface area (TPSA) is 114 Å². The number of piperidine rings is 2. The van der Waals surface area contributed by atoms with Gasteiger partial charge in [-0.1, -0.05) is 0 Å². The fraction of sp³-hybridized carbons (Fsp3) is 0.318. The van der Waals surface area contributed by atoms with Crippen molar-refractivity contribution in [2.45, 2.75) is 12.5 Å². The molecule has 0 aromatic carbocycles. The van der Waals surface area contributed by atoms with Gasteiger partial charge in [0.25, 0.3) is 0 Å². The summed E-state index contributed by atoms with van der Waals surface area (Å²) in [7, 11) is 1.87. The van der Waals surface area contributed by atoms with Crippen LogP contribution in [0.2, 0.25) is 0 Å². The molecule has 2 saturated heterocycles. The van der Waals surface area contributed by atoms with Crippen LogP contribution in [0.3, 0.4) is 0 Å². The Morgan fingerprint density at radius 1 is 1.06 bits per heavy atom. The van der Waals surface area contributed by atoms with Crippen LogP contribution in [-0.2, 0) is 7.05 Å². The Kier molecular flexibility index (Phi) is 3.85. The van der Waals surface area contributed by atoms with Gasteiger partial charge in [-0.05, 0) is 30.4 Å². The number of hydrogen-bond acceptors (Lipinski definition) is 7. The van der Waals surface area contributed by atoms with Gasteiger partial charge in [0.15, 0.2) is 0 Å². The van der Waals surface area contributed by atoms with Crippen molar-refractivity contribution in [1.82, 2.24) is 29.4 Å². The lowest BCUT2D eigenvalue weighted by molar-refractivity contribution is 0.115. The fourth-order valence-electron chi connectivity index (χ4n) is 4.82. The quantitative estimate of drug-likeness (QED) is 0.547. The summed E-state index contributed by atoms with van der Waals surface area (Å²) in [5.41, 5.74) is 10.5. The molecule has 154 valence electrons. The number of fused-ring (bicyclic) bond motifs is 3. The fourth-order valence-corrected chi connectivity index (χ4v) is 4.82. The zero-order valence-corrected chi connectivity index (χ0v) is 17.0. The smallest absolute Gasteiger partial charge is 0.128 e. The number of aromatic nitrogens is 6. The monoisotopic (exact) mass is 411 g/mol. The molecule has 3 atom stereocenters. The largest absolute Gasteiger partial charge is 0.356 e. The van der Waals surface area contributed by atoms with Crippen LogP contribution < -0.4 is 10.6 Å². The van der Waals surface area contributed by atoms with E-state index in [0.717, 1.165) is 35.7 Å². The number of rotatable bonds is 3. The Bertz CT molecular complexity index is 1320. The zero-order valence-electron chi connectivity index (χ0n) is 17.0. The lowest BCUT2D eigenvalue weighted by atomic mass is 9.67. The highest BCUT2D eigenvalue weighted by Gasteiger charge is 2.44. The summed E-state index contributed by atoms with van der Waals surface area (Å²) in [5, 5.41) is 18.2. The van der Waals surface area contributed by atoms with Gasteiger partial charge in [-0.25, -0.2) is 14.5 Å². The van der Waals surface area contributed by atoms with Gasteiger partial charge < -0.3 is 10.6 Å². The van der Waals surface area contributed by atoms with E-state index < -0.39 is 0 Å². The first-order chi connectivity index (χ1) is 15.1. The summed E-state index contributed by atoms with van der Waals surface area (Å²) in [4.78, 5) is 11.9. The molecule has 0 radical (unpaired) electrons. The summed E-state index contributed by atoms with van der Waals surface area (Å²) in [6.07, 6.45) is 10.1. The highest BCUT2D eigenvalue weighted by atomic mass is 15.2. The summed E-state index contributed by atoms with van der Waals surface area (Å²) in [6.45, 7) is 1.93. The van der Waals surface area contributed by atoms with Crippen molar-refractivity contribution in [1.29, 1.82) is 5.26 Å². The number of anilines is 1. The summed E-state index contributed by atoms with van der Waals surface area (Å²) >= 11 is 0. The molecule has 4 aromatic rings. The maximum absolute atomic E-state index is 9.57. The Labute approximate surface area is 178 Å². The second kappa shape index (κ2) is 6.62. The van der Waals surface area contributed by atoms with Crippen LogP contribution in [0.25, 0.3) is 28.0 Å². The lowest BCUT2D eigenvalue weighted by Gasteiger charge is -2.52. The average Bonchev–Trinajstić information content (AvgIpc) is 3.44. The summed E-state index contributed by atoms with van der Waals surface area (Å²) in [5.74, 6) is 2.10. The van der Waals surface area contributed by atoms with Crippen LogP contribution in [0.4, 0.5) is 5.82 Å². The van der Waals surface area contributed by atoms with Crippen LogP contribution in [0.5, 0.6) is 0 Å². The van der Waals surface area contributed by atoms with Gasteiger partial charge in [0.2, 0.25) is 0 Å². The zero-order chi connectivity index (χ0) is 21.1. The molecule has 2 bridgehead atoms. The predicted octanol–water partition coefficient (Wildman–Crippen LogP) is 1.85. The Morgan fingerprint density at radius 3 is 2.55 bits per heavy atom. The van der Waals surface area contributed by atoms with E-state index in [1.807, 2.05) is 37.8 Å². The van der Waals surface area contributed by atoms with Crippen LogP contribution in [0, 0.1) is 23.2 Å². The SMILES string of the molecule is Cn1cc(-c2cn3ncc(C#N)c3c(-c3ccc(N4CC5C[C@H](C4)C5N)nc3)n2)cn1. The van der Waals surface area contributed by atoms with Crippen LogP contribution in [-0.4, -0.2) is 48.5 Å². The van der Waals surface area contributed by atoms with E-state index >= 15 is 0 Å². The van der Waals surface area contributed by atoms with Crippen molar-refractivity contribution in [2.75, 3.05) is 18.0 Å². The highest BCUT2D eigenvalue weighted by Crippen LogP contribution is 2.40. The molecule has 2 N–H and O–H groups in total. The first kappa shape index (κ1) is 18.0. The van der Waals surface area contributed by atoms with Gasteiger partial charge >= 0.3 is 0 Å². The highest BCUT2D eigenvalue weighted by molar-refractivity contribution is 5.83.